The molecule has 2 rings (SSSR count). The maximum absolute atomic E-state index is 8.49. The number of halogens is 1. The fraction of sp³-hybridized carbons (Fsp3) is 0.200. The van der Waals surface area contributed by atoms with E-state index in [2.05, 4.69) is 44.4 Å². The minimum absolute atomic E-state index is 1.35. The summed E-state index contributed by atoms with van der Waals surface area (Å²) in [6.45, 7) is 4.30. The predicted octanol–water partition coefficient (Wildman–Crippen LogP) is -3.61. The number of fused-ring (bicyclic) bond motifs is 1. The second-order valence-electron chi connectivity index (χ2n) is 3.49. The van der Waals surface area contributed by atoms with E-state index in [0.29, 0.717) is 0 Å². The molecule has 0 spiro atoms. The van der Waals surface area contributed by atoms with Crippen LogP contribution in [-0.2, 0) is 0 Å². The molecule has 2 heterocycles. The highest BCUT2D eigenvalue weighted by Gasteiger charge is 2.20. The Bertz CT molecular complexity index is 384. The average Bonchev–Trinajstić information content (AvgIpc) is 2.47. The van der Waals surface area contributed by atoms with Gasteiger partial charge in [0.1, 0.15) is 17.6 Å². The van der Waals surface area contributed by atoms with Gasteiger partial charge in [0.15, 0.2) is 0 Å². The summed E-state index contributed by atoms with van der Waals surface area (Å²) in [5.41, 5.74) is 4.09. The maximum Gasteiger partial charge on any atom is 0.141 e. The highest BCUT2D eigenvalue weighted by atomic mass is 35.7. The summed E-state index contributed by atoms with van der Waals surface area (Å²) in [4.78, 5) is 1.38. The molecule has 5 nitrogen and oxygen atoms in total. The molecule has 16 heavy (non-hydrogen) atoms. The van der Waals surface area contributed by atoms with E-state index < -0.39 is 10.2 Å². The van der Waals surface area contributed by atoms with Crippen LogP contribution in [0.1, 0.15) is 13.8 Å². The molecule has 6 heteroatoms. The van der Waals surface area contributed by atoms with Crippen molar-refractivity contribution in [2.75, 3.05) is 0 Å². The van der Waals surface area contributed by atoms with Gasteiger partial charge in [0.2, 0.25) is 0 Å². The van der Waals surface area contributed by atoms with Crippen molar-refractivity contribution in [2.24, 2.45) is 0 Å². The van der Waals surface area contributed by atoms with Crippen molar-refractivity contribution in [1.29, 1.82) is 0 Å². The summed E-state index contributed by atoms with van der Waals surface area (Å²) < 4.78 is 34.0. The second kappa shape index (κ2) is 4.92. The lowest BCUT2D eigenvalue weighted by Gasteiger charge is -2.17. The Morgan fingerprint density at radius 2 is 1.62 bits per heavy atom. The van der Waals surface area contributed by atoms with Gasteiger partial charge < -0.3 is 0 Å². The lowest BCUT2D eigenvalue weighted by molar-refractivity contribution is -2.00. The van der Waals surface area contributed by atoms with Gasteiger partial charge in [0, 0.05) is 19.1 Å². The zero-order valence-electron chi connectivity index (χ0n) is 8.90. The number of allylic oxidation sites excluding steroid dienone is 6. The monoisotopic (exact) mass is 245 g/mol. The lowest BCUT2D eigenvalue weighted by Crippen LogP contribution is -3.02. The molecule has 0 saturated carbocycles. The van der Waals surface area contributed by atoms with Crippen molar-refractivity contribution in [3.8, 4) is 0 Å². The first-order valence-corrected chi connectivity index (χ1v) is 5.75. The molecule has 0 aromatic rings. The van der Waals surface area contributed by atoms with Gasteiger partial charge in [-0.15, -0.1) is 10.2 Å². The molecule has 0 aromatic heterocycles. The molecule has 2 aliphatic heterocycles. The predicted molar refractivity (Wildman–Crippen MR) is 45.7 cm³/mol. The van der Waals surface area contributed by atoms with Gasteiger partial charge in [-0.3, -0.25) is 0 Å². The molecule has 0 fully saturated rings. The maximum atomic E-state index is 8.49. The largest absolute Gasteiger partial charge is 0.248 e. The summed E-state index contributed by atoms with van der Waals surface area (Å²) in [5.74, 6) is 0. The first-order chi connectivity index (χ1) is 7.27. The first kappa shape index (κ1) is 13.1. The van der Waals surface area contributed by atoms with Crippen molar-refractivity contribution in [3.05, 3.63) is 47.5 Å². The molecule has 0 bridgehead atoms. The first-order valence-electron chi connectivity index (χ1n) is 4.52. The molecule has 88 valence electrons. The number of nitrogens with one attached hydrogen (secondary N) is 1. The Hall–Kier alpha value is -0.950. The van der Waals surface area contributed by atoms with Crippen LogP contribution >= 0.6 is 0 Å². The van der Waals surface area contributed by atoms with Crippen LogP contribution in [0.2, 0.25) is 0 Å². The Kier molecular flexibility index (Phi) is 4.03. The van der Waals surface area contributed by atoms with E-state index in [-0.39, 0.29) is 0 Å². The summed E-state index contributed by atoms with van der Waals surface area (Å²) in [6, 6.07) is 0. The molecule has 0 aliphatic carbocycles. The molecule has 1 atom stereocenters. The van der Waals surface area contributed by atoms with Crippen molar-refractivity contribution in [1.82, 2.24) is 0 Å². The van der Waals surface area contributed by atoms with Gasteiger partial charge in [0.05, 0.1) is 0 Å². The normalized spacial score (nSPS) is 22.6. The minimum Gasteiger partial charge on any atom is -0.248 e. The van der Waals surface area contributed by atoms with E-state index >= 15 is 0 Å². The van der Waals surface area contributed by atoms with Crippen LogP contribution in [0.5, 0.6) is 0 Å². The van der Waals surface area contributed by atoms with Crippen LogP contribution < -0.4 is 23.5 Å². The zero-order valence-corrected chi connectivity index (χ0v) is 9.65. The van der Waals surface area contributed by atoms with E-state index in [1.807, 2.05) is 0 Å². The Labute approximate surface area is 95.7 Å². The van der Waals surface area contributed by atoms with Gasteiger partial charge in [-0.1, -0.05) is 0 Å². The van der Waals surface area contributed by atoms with Crippen molar-refractivity contribution in [2.45, 2.75) is 13.8 Å². The SMILES string of the molecule is CC1=CC2=CC=C[NH+]2C(C)=C1.[O-][Cl+3]([O-])([O-])[O-]. The van der Waals surface area contributed by atoms with Crippen LogP contribution in [0.25, 0.3) is 0 Å². The number of rotatable bonds is 0. The van der Waals surface area contributed by atoms with E-state index in [9.17, 15) is 0 Å². The van der Waals surface area contributed by atoms with E-state index in [1.54, 1.807) is 0 Å². The topological polar surface area (TPSA) is 96.7 Å². The van der Waals surface area contributed by atoms with Crippen LogP contribution in [0, 0.1) is 10.2 Å². The van der Waals surface area contributed by atoms with E-state index in [4.69, 9.17) is 18.6 Å². The highest BCUT2D eigenvalue weighted by molar-refractivity contribution is 5.34. The van der Waals surface area contributed by atoms with Gasteiger partial charge in [0.25, 0.3) is 0 Å². The second-order valence-corrected chi connectivity index (χ2v) is 4.24. The number of hydrogen-bond acceptors (Lipinski definition) is 4. The Morgan fingerprint density at radius 3 is 2.19 bits per heavy atom. The third-order valence-electron chi connectivity index (χ3n) is 2.10. The summed E-state index contributed by atoms with van der Waals surface area (Å²) in [5, 5.41) is 0. The number of hydrogen-bond donors (Lipinski definition) is 1. The molecule has 0 radical (unpaired) electrons. The molecular formula is C10H12ClNO4. The van der Waals surface area contributed by atoms with Crippen LogP contribution in [0.15, 0.2) is 47.5 Å². The summed E-state index contributed by atoms with van der Waals surface area (Å²) in [6.07, 6.45) is 10.9. The van der Waals surface area contributed by atoms with Crippen molar-refractivity contribution in [3.63, 3.8) is 0 Å². The Balaban J connectivity index is 0.000000221. The molecule has 0 amide bonds. The summed E-state index contributed by atoms with van der Waals surface area (Å²) >= 11 is 0. The fourth-order valence-corrected chi connectivity index (χ4v) is 1.63. The van der Waals surface area contributed by atoms with Crippen LogP contribution in [0.3, 0.4) is 0 Å². The van der Waals surface area contributed by atoms with Gasteiger partial charge >= 0.3 is 0 Å². The average molecular weight is 246 g/mol. The quantitative estimate of drug-likeness (QED) is 0.477. The molecule has 2 aliphatic rings. The van der Waals surface area contributed by atoms with Gasteiger partial charge in [-0.2, -0.15) is 0 Å². The fourth-order valence-electron chi connectivity index (χ4n) is 1.63. The molecular weight excluding hydrogens is 234 g/mol. The van der Waals surface area contributed by atoms with Gasteiger partial charge in [-0.25, -0.2) is 23.5 Å². The smallest absolute Gasteiger partial charge is 0.141 e. The van der Waals surface area contributed by atoms with Gasteiger partial charge in [-0.05, 0) is 24.6 Å². The molecule has 0 aromatic carbocycles. The standard InChI is InChI=1S/C10H11N.ClHO4/c1-8-6-9(2)11-5-3-4-10(11)7-8;2-1(3,4)5/h3-7H,1-2H3;(H,2,3,4,5). The molecule has 1 N–H and O–H groups in total. The number of quaternary nitrogens is 1. The third-order valence-corrected chi connectivity index (χ3v) is 2.10. The third kappa shape index (κ3) is 4.28. The van der Waals surface area contributed by atoms with E-state index in [0.717, 1.165) is 0 Å². The van der Waals surface area contributed by atoms with Crippen molar-refractivity contribution >= 4 is 0 Å². The lowest BCUT2D eigenvalue weighted by atomic mass is 10.1. The minimum atomic E-state index is -4.94. The van der Waals surface area contributed by atoms with E-state index in [1.165, 1.54) is 21.9 Å². The van der Waals surface area contributed by atoms with Crippen molar-refractivity contribution < 1.29 is 33.8 Å². The van der Waals surface area contributed by atoms with Crippen LogP contribution in [-0.4, -0.2) is 0 Å². The van der Waals surface area contributed by atoms with Crippen LogP contribution in [0.4, 0.5) is 0 Å². The molecule has 0 saturated heterocycles. The molecule has 1 unspecified atom stereocenters. The Morgan fingerprint density at radius 1 is 1.06 bits per heavy atom. The summed E-state index contributed by atoms with van der Waals surface area (Å²) in [7, 11) is -4.94. The zero-order chi connectivity index (χ0) is 12.3. The highest BCUT2D eigenvalue weighted by Crippen LogP contribution is 2.09.